The number of nitrogens with zero attached hydrogens (tertiary/aromatic N) is 2. The highest BCUT2D eigenvalue weighted by Crippen LogP contribution is 2.44. The predicted molar refractivity (Wildman–Crippen MR) is 91.4 cm³/mol. The number of carbonyl (C=O) groups excluding carboxylic acids is 1. The molecule has 0 radical (unpaired) electrons. The van der Waals surface area contributed by atoms with Crippen molar-refractivity contribution in [1.29, 1.82) is 0 Å². The molecule has 5 nitrogen and oxygen atoms in total. The first-order chi connectivity index (χ1) is 11.6. The minimum absolute atomic E-state index is 0.0821. The molecule has 126 valence electrons. The van der Waals surface area contributed by atoms with E-state index in [1.165, 1.54) is 0 Å². The molecule has 1 amide bonds. The van der Waals surface area contributed by atoms with Gasteiger partial charge < -0.3 is 9.15 Å². The highest BCUT2D eigenvalue weighted by Gasteiger charge is 2.50. The van der Waals surface area contributed by atoms with Gasteiger partial charge in [0.25, 0.3) is 0 Å². The van der Waals surface area contributed by atoms with Crippen molar-refractivity contribution >= 4 is 23.2 Å². The fraction of sp³-hybridized carbons (Fsp3) is 0.389. The molecular weight excluding hydrogens is 328 g/mol. The molecule has 1 aromatic heterocycles. The van der Waals surface area contributed by atoms with Gasteiger partial charge in [-0.05, 0) is 50.1 Å². The molecule has 3 heterocycles. The maximum atomic E-state index is 13.0. The van der Waals surface area contributed by atoms with Crippen molar-refractivity contribution in [2.24, 2.45) is 0 Å². The van der Waals surface area contributed by atoms with Crippen molar-refractivity contribution in [2.45, 2.75) is 32.0 Å². The zero-order chi connectivity index (χ0) is 16.8. The fourth-order valence-corrected chi connectivity index (χ4v) is 3.98. The van der Waals surface area contributed by atoms with Gasteiger partial charge in [-0.3, -0.25) is 14.6 Å². The number of aryl methyl sites for hydroxylation is 1. The topological polar surface area (TPSA) is 45.9 Å². The summed E-state index contributed by atoms with van der Waals surface area (Å²) in [6.45, 7) is 2.80. The minimum Gasteiger partial charge on any atom is -0.495 e. The van der Waals surface area contributed by atoms with E-state index < -0.39 is 0 Å². The second-order valence-corrected chi connectivity index (χ2v) is 6.65. The van der Waals surface area contributed by atoms with Crippen LogP contribution in [0.5, 0.6) is 5.75 Å². The van der Waals surface area contributed by atoms with Gasteiger partial charge in [0.1, 0.15) is 23.4 Å². The van der Waals surface area contributed by atoms with Crippen molar-refractivity contribution in [3.63, 3.8) is 0 Å². The number of ether oxygens (including phenoxy) is 1. The van der Waals surface area contributed by atoms with Crippen molar-refractivity contribution in [3.8, 4) is 5.75 Å². The quantitative estimate of drug-likeness (QED) is 0.849. The van der Waals surface area contributed by atoms with Gasteiger partial charge in [-0.1, -0.05) is 11.6 Å². The van der Waals surface area contributed by atoms with Crippen LogP contribution in [0.4, 0.5) is 5.69 Å². The number of rotatable bonds is 3. The van der Waals surface area contributed by atoms with Gasteiger partial charge in [0, 0.05) is 12.2 Å². The third kappa shape index (κ3) is 2.31. The lowest BCUT2D eigenvalue weighted by Crippen LogP contribution is -2.32. The smallest absolute Gasteiger partial charge is 0.246 e. The molecule has 4 rings (SSSR count). The molecule has 0 unspecified atom stereocenters. The summed E-state index contributed by atoms with van der Waals surface area (Å²) in [5.74, 6) is 2.33. The Morgan fingerprint density at radius 2 is 2.12 bits per heavy atom. The van der Waals surface area contributed by atoms with Gasteiger partial charge in [0.15, 0.2) is 0 Å². The predicted octanol–water partition coefficient (Wildman–Crippen LogP) is 3.76. The first kappa shape index (κ1) is 15.5. The van der Waals surface area contributed by atoms with Gasteiger partial charge in [-0.15, -0.1) is 0 Å². The van der Waals surface area contributed by atoms with Gasteiger partial charge in [-0.25, -0.2) is 0 Å². The highest BCUT2D eigenvalue weighted by atomic mass is 35.5. The van der Waals surface area contributed by atoms with E-state index >= 15 is 0 Å². The van der Waals surface area contributed by atoms with E-state index in [9.17, 15) is 4.79 Å². The first-order valence-electron chi connectivity index (χ1n) is 8.09. The lowest BCUT2D eigenvalue weighted by molar-refractivity contribution is -0.119. The maximum Gasteiger partial charge on any atom is 0.246 e. The number of hydrogen-bond donors (Lipinski definition) is 0. The van der Waals surface area contributed by atoms with Crippen LogP contribution < -0.4 is 9.64 Å². The number of benzene rings is 1. The zero-order valence-corrected chi connectivity index (χ0v) is 14.4. The molecular formula is C18H19ClN2O3. The van der Waals surface area contributed by atoms with Crippen LogP contribution in [0.3, 0.4) is 0 Å². The number of furan rings is 1. The lowest BCUT2D eigenvalue weighted by Gasteiger charge is -2.28. The average Bonchev–Trinajstić information content (AvgIpc) is 3.25. The van der Waals surface area contributed by atoms with Crippen LogP contribution in [0, 0.1) is 6.92 Å². The fourth-order valence-electron chi connectivity index (χ4n) is 3.73. The van der Waals surface area contributed by atoms with E-state index in [-0.39, 0.29) is 18.1 Å². The largest absolute Gasteiger partial charge is 0.495 e. The van der Waals surface area contributed by atoms with E-state index in [1.54, 1.807) is 24.1 Å². The van der Waals surface area contributed by atoms with E-state index in [0.29, 0.717) is 10.8 Å². The summed E-state index contributed by atoms with van der Waals surface area (Å²) in [5, 5.41) is 0.490. The van der Waals surface area contributed by atoms with Crippen LogP contribution in [0.1, 0.15) is 30.5 Å². The van der Waals surface area contributed by atoms with Crippen LogP contribution >= 0.6 is 11.6 Å². The van der Waals surface area contributed by atoms with Gasteiger partial charge >= 0.3 is 0 Å². The number of anilines is 1. The molecule has 0 aliphatic carbocycles. The third-order valence-electron chi connectivity index (χ3n) is 4.80. The Labute approximate surface area is 145 Å². The number of halogens is 1. The van der Waals surface area contributed by atoms with Crippen LogP contribution in [-0.4, -0.2) is 30.5 Å². The van der Waals surface area contributed by atoms with Gasteiger partial charge in [0.05, 0.1) is 18.2 Å². The summed E-state index contributed by atoms with van der Waals surface area (Å²) in [4.78, 5) is 17.0. The molecule has 0 bridgehead atoms. The van der Waals surface area contributed by atoms with Crippen molar-refractivity contribution in [2.75, 3.05) is 18.6 Å². The average molecular weight is 347 g/mol. The molecule has 2 saturated heterocycles. The Morgan fingerprint density at radius 1 is 1.29 bits per heavy atom. The first-order valence-corrected chi connectivity index (χ1v) is 8.46. The Balaban J connectivity index is 1.79. The molecule has 6 heteroatoms. The summed E-state index contributed by atoms with van der Waals surface area (Å²) in [6, 6.07) is 9.24. The molecule has 2 atom stereocenters. The number of fused-ring (bicyclic) bond motifs is 1. The summed E-state index contributed by atoms with van der Waals surface area (Å²) >= 11 is 6.27. The van der Waals surface area contributed by atoms with Crippen LogP contribution in [-0.2, 0) is 4.79 Å². The monoisotopic (exact) mass is 346 g/mol. The Kier molecular flexibility index (Phi) is 3.77. The standard InChI is InChI=1S/C18H19ClN2O3/c1-11-5-7-16(24-11)17-20-9-3-4-14(20)18(22)21(17)12-6-8-15(23-2)13(19)10-12/h5-8,10,14,17H,3-4,9H2,1-2H3/t14-,17+/m0/s1. The molecule has 0 saturated carbocycles. The van der Waals surface area contributed by atoms with Crippen LogP contribution in [0.15, 0.2) is 34.7 Å². The normalized spacial score (nSPS) is 23.8. The van der Waals surface area contributed by atoms with Crippen molar-refractivity contribution in [1.82, 2.24) is 4.90 Å². The van der Waals surface area contributed by atoms with E-state index in [4.69, 9.17) is 20.8 Å². The van der Waals surface area contributed by atoms with Gasteiger partial charge in [-0.2, -0.15) is 0 Å². The van der Waals surface area contributed by atoms with Crippen molar-refractivity contribution < 1.29 is 13.9 Å². The Bertz CT molecular complexity index is 788. The van der Waals surface area contributed by atoms with Gasteiger partial charge in [0.2, 0.25) is 5.91 Å². The lowest BCUT2D eigenvalue weighted by atomic mass is 10.2. The SMILES string of the molecule is COc1ccc(N2C(=O)[C@@H]3CCCN3[C@H]2c2ccc(C)o2)cc1Cl. The van der Waals surface area contributed by atoms with Crippen molar-refractivity contribution in [3.05, 3.63) is 46.9 Å². The summed E-state index contributed by atoms with van der Waals surface area (Å²) in [5.41, 5.74) is 0.763. The maximum absolute atomic E-state index is 13.0. The van der Waals surface area contributed by atoms with E-state index in [2.05, 4.69) is 4.90 Å². The third-order valence-corrected chi connectivity index (χ3v) is 5.10. The Morgan fingerprint density at radius 3 is 2.79 bits per heavy atom. The molecule has 0 spiro atoms. The number of methoxy groups -OCH3 is 1. The minimum atomic E-state index is -0.219. The molecule has 2 aliphatic rings. The van der Waals surface area contributed by atoms with Crippen LogP contribution in [0.25, 0.3) is 0 Å². The zero-order valence-electron chi connectivity index (χ0n) is 13.7. The molecule has 1 aromatic carbocycles. The second-order valence-electron chi connectivity index (χ2n) is 6.25. The molecule has 24 heavy (non-hydrogen) atoms. The summed E-state index contributed by atoms with van der Waals surface area (Å²) < 4.78 is 11.1. The second kappa shape index (κ2) is 5.83. The van der Waals surface area contributed by atoms with E-state index in [0.717, 1.165) is 36.6 Å². The molecule has 0 N–H and O–H groups in total. The Hall–Kier alpha value is -1.98. The summed E-state index contributed by atoms with van der Waals surface area (Å²) in [6.07, 6.45) is 1.70. The number of hydrogen-bond acceptors (Lipinski definition) is 4. The molecule has 2 aromatic rings. The van der Waals surface area contributed by atoms with E-state index in [1.807, 2.05) is 25.1 Å². The summed E-state index contributed by atoms with van der Waals surface area (Å²) in [7, 11) is 1.58. The molecule has 2 fully saturated rings. The molecule has 2 aliphatic heterocycles. The number of carbonyl (C=O) groups is 1. The van der Waals surface area contributed by atoms with Crippen LogP contribution in [0.2, 0.25) is 5.02 Å². The highest BCUT2D eigenvalue weighted by molar-refractivity contribution is 6.32. The number of amides is 1.